The van der Waals surface area contributed by atoms with Gasteiger partial charge in [-0.1, -0.05) is 56.6 Å². The highest BCUT2D eigenvalue weighted by molar-refractivity contribution is 6.30. The van der Waals surface area contributed by atoms with Gasteiger partial charge in [-0.2, -0.15) is 0 Å². The highest BCUT2D eigenvalue weighted by Gasteiger charge is 2.18. The molecule has 5 heteroatoms. The lowest BCUT2D eigenvalue weighted by molar-refractivity contribution is -0.123. The van der Waals surface area contributed by atoms with Crippen molar-refractivity contribution < 1.29 is 9.59 Å². The smallest absolute Gasteiger partial charge is 0.240 e. The number of carbonyl (C=O) groups excluding carboxylic acids is 2. The number of nitrogens with zero attached hydrogens (tertiary/aromatic N) is 1. The fraction of sp³-hybridized carbons (Fsp3) is 0.364. The van der Waals surface area contributed by atoms with Gasteiger partial charge in [-0.15, -0.1) is 0 Å². The maximum Gasteiger partial charge on any atom is 0.240 e. The molecule has 2 rings (SSSR count). The van der Waals surface area contributed by atoms with E-state index in [1.165, 1.54) is 17.4 Å². The second kappa shape index (κ2) is 9.05. The molecule has 1 N–H and O–H groups in total. The minimum atomic E-state index is -0.181. The Morgan fingerprint density at radius 1 is 1.00 bits per heavy atom. The number of amides is 2. The minimum Gasteiger partial charge on any atom is -0.354 e. The predicted molar refractivity (Wildman–Crippen MR) is 111 cm³/mol. The van der Waals surface area contributed by atoms with E-state index >= 15 is 0 Å². The molecule has 0 fully saturated rings. The number of benzene rings is 2. The third-order valence-electron chi connectivity index (χ3n) is 4.38. The first-order chi connectivity index (χ1) is 12.7. The molecule has 0 saturated heterocycles. The predicted octanol–water partition coefficient (Wildman–Crippen LogP) is 4.35. The zero-order valence-corrected chi connectivity index (χ0v) is 17.1. The van der Waals surface area contributed by atoms with Crippen LogP contribution in [0, 0.1) is 0 Å². The molecule has 0 radical (unpaired) electrons. The molecule has 0 aliphatic heterocycles. The number of rotatable bonds is 6. The molecule has 0 spiro atoms. The van der Waals surface area contributed by atoms with Gasteiger partial charge in [0, 0.05) is 24.2 Å². The van der Waals surface area contributed by atoms with Crippen LogP contribution in [0.15, 0.2) is 48.5 Å². The quantitative estimate of drug-likeness (QED) is 0.802. The van der Waals surface area contributed by atoms with E-state index in [2.05, 4.69) is 26.1 Å². The Bertz CT molecular complexity index is 777. The van der Waals surface area contributed by atoms with Crippen molar-refractivity contribution in [2.24, 2.45) is 0 Å². The summed E-state index contributed by atoms with van der Waals surface area (Å²) in [6.07, 6.45) is 0.712. The molecule has 2 aromatic rings. The fourth-order valence-electron chi connectivity index (χ4n) is 2.72. The van der Waals surface area contributed by atoms with Gasteiger partial charge in [0.25, 0.3) is 0 Å². The molecular weight excluding hydrogens is 360 g/mol. The van der Waals surface area contributed by atoms with E-state index < -0.39 is 0 Å². The van der Waals surface area contributed by atoms with Crippen LogP contribution in [0.1, 0.15) is 38.8 Å². The molecule has 2 amide bonds. The summed E-state index contributed by atoms with van der Waals surface area (Å²) in [5, 5.41) is 3.56. The van der Waals surface area contributed by atoms with Crippen LogP contribution in [0.25, 0.3) is 0 Å². The first-order valence-corrected chi connectivity index (χ1v) is 9.44. The van der Waals surface area contributed by atoms with Crippen LogP contribution < -0.4 is 10.2 Å². The van der Waals surface area contributed by atoms with Gasteiger partial charge in [0.05, 0.1) is 0 Å². The Kier molecular flexibility index (Phi) is 7.03. The van der Waals surface area contributed by atoms with Crippen molar-refractivity contribution in [1.82, 2.24) is 5.32 Å². The van der Waals surface area contributed by atoms with Crippen molar-refractivity contribution >= 4 is 29.1 Å². The van der Waals surface area contributed by atoms with Crippen LogP contribution in [0.4, 0.5) is 5.69 Å². The van der Waals surface area contributed by atoms with E-state index in [1.807, 2.05) is 48.5 Å². The van der Waals surface area contributed by atoms with Gasteiger partial charge >= 0.3 is 0 Å². The van der Waals surface area contributed by atoms with Crippen LogP contribution >= 0.6 is 11.6 Å². The van der Waals surface area contributed by atoms with E-state index in [4.69, 9.17) is 11.6 Å². The number of anilines is 1. The Labute approximate surface area is 166 Å². The summed E-state index contributed by atoms with van der Waals surface area (Å²) < 4.78 is 0. The third kappa shape index (κ3) is 6.40. The van der Waals surface area contributed by atoms with Crippen molar-refractivity contribution in [3.05, 3.63) is 64.7 Å². The highest BCUT2D eigenvalue weighted by atomic mass is 35.5. The summed E-state index contributed by atoms with van der Waals surface area (Å²) in [5.41, 5.74) is 3.05. The van der Waals surface area contributed by atoms with Gasteiger partial charge < -0.3 is 10.2 Å². The first-order valence-electron chi connectivity index (χ1n) is 9.06. The van der Waals surface area contributed by atoms with Crippen LogP contribution in [0.5, 0.6) is 0 Å². The molecule has 2 aromatic carbocycles. The van der Waals surface area contributed by atoms with Crippen LogP contribution in [-0.4, -0.2) is 24.9 Å². The van der Waals surface area contributed by atoms with E-state index in [-0.39, 0.29) is 23.8 Å². The lowest BCUT2D eigenvalue weighted by atomic mass is 9.87. The van der Waals surface area contributed by atoms with Gasteiger partial charge in [-0.3, -0.25) is 9.59 Å². The first kappa shape index (κ1) is 21.0. The number of halogens is 1. The molecule has 144 valence electrons. The number of carbonyl (C=O) groups is 2. The average molecular weight is 387 g/mol. The molecule has 0 saturated carbocycles. The zero-order valence-electron chi connectivity index (χ0n) is 16.4. The second-order valence-corrected chi connectivity index (χ2v) is 8.06. The molecule has 27 heavy (non-hydrogen) atoms. The van der Waals surface area contributed by atoms with Crippen molar-refractivity contribution in [2.75, 3.05) is 18.0 Å². The minimum absolute atomic E-state index is 0.00478. The van der Waals surface area contributed by atoms with Gasteiger partial charge in [-0.05, 0) is 47.2 Å². The lowest BCUT2D eigenvalue weighted by Crippen LogP contribution is -2.40. The summed E-state index contributed by atoms with van der Waals surface area (Å²) >= 11 is 5.87. The van der Waals surface area contributed by atoms with Crippen molar-refractivity contribution in [1.29, 1.82) is 0 Å². The van der Waals surface area contributed by atoms with Crippen LogP contribution in [0.2, 0.25) is 5.02 Å². The Balaban J connectivity index is 1.93. The SMILES string of the molecule is CC(=O)N(CC(=O)NCCc1ccc(Cl)cc1)c1ccc(C(C)(C)C)cc1. The second-order valence-electron chi connectivity index (χ2n) is 7.63. The zero-order chi connectivity index (χ0) is 20.0. The Morgan fingerprint density at radius 3 is 2.11 bits per heavy atom. The largest absolute Gasteiger partial charge is 0.354 e. The van der Waals surface area contributed by atoms with Gasteiger partial charge in [-0.25, -0.2) is 0 Å². The summed E-state index contributed by atoms with van der Waals surface area (Å²) in [7, 11) is 0. The van der Waals surface area contributed by atoms with E-state index in [1.54, 1.807) is 0 Å². The molecule has 0 aliphatic rings. The molecule has 0 aliphatic carbocycles. The van der Waals surface area contributed by atoms with E-state index in [9.17, 15) is 9.59 Å². The van der Waals surface area contributed by atoms with Crippen LogP contribution in [0.3, 0.4) is 0 Å². The number of hydrogen-bond donors (Lipinski definition) is 1. The van der Waals surface area contributed by atoms with Gasteiger partial charge in [0.15, 0.2) is 0 Å². The summed E-state index contributed by atoms with van der Waals surface area (Å²) in [6, 6.07) is 15.3. The third-order valence-corrected chi connectivity index (χ3v) is 4.63. The molecule has 4 nitrogen and oxygen atoms in total. The molecule has 0 aromatic heterocycles. The Morgan fingerprint density at radius 2 is 1.59 bits per heavy atom. The van der Waals surface area contributed by atoms with Crippen molar-refractivity contribution in [3.8, 4) is 0 Å². The van der Waals surface area contributed by atoms with Crippen molar-refractivity contribution in [3.63, 3.8) is 0 Å². The van der Waals surface area contributed by atoms with Crippen LogP contribution in [-0.2, 0) is 21.4 Å². The Hall–Kier alpha value is -2.33. The topological polar surface area (TPSA) is 49.4 Å². The molecule has 0 atom stereocenters. The summed E-state index contributed by atoms with van der Waals surface area (Å²) in [4.78, 5) is 25.8. The van der Waals surface area contributed by atoms with Gasteiger partial charge in [0.1, 0.15) is 6.54 Å². The normalized spacial score (nSPS) is 11.1. The van der Waals surface area contributed by atoms with E-state index in [0.717, 1.165) is 11.3 Å². The summed E-state index contributed by atoms with van der Waals surface area (Å²) in [5.74, 6) is -0.342. The molecule has 0 bridgehead atoms. The summed E-state index contributed by atoms with van der Waals surface area (Å²) in [6.45, 7) is 8.40. The highest BCUT2D eigenvalue weighted by Crippen LogP contribution is 2.25. The molecular formula is C22H27ClN2O2. The standard InChI is InChI=1S/C22H27ClN2O2/c1-16(26)25(20-11-7-18(8-12-20)22(2,3)4)15-21(27)24-14-13-17-5-9-19(23)10-6-17/h5-12H,13-15H2,1-4H3,(H,24,27). The fourth-order valence-corrected chi connectivity index (χ4v) is 2.85. The van der Waals surface area contributed by atoms with E-state index in [0.29, 0.717) is 18.0 Å². The maximum absolute atomic E-state index is 12.3. The molecule has 0 unspecified atom stereocenters. The maximum atomic E-state index is 12.3. The lowest BCUT2D eigenvalue weighted by Gasteiger charge is -2.23. The monoisotopic (exact) mass is 386 g/mol. The molecule has 0 heterocycles. The van der Waals surface area contributed by atoms with Gasteiger partial charge in [0.2, 0.25) is 11.8 Å². The average Bonchev–Trinajstić information content (AvgIpc) is 2.60. The number of hydrogen-bond acceptors (Lipinski definition) is 2. The number of nitrogens with one attached hydrogen (secondary N) is 1. The van der Waals surface area contributed by atoms with Crippen molar-refractivity contribution in [2.45, 2.75) is 39.5 Å².